The zero-order valence-electron chi connectivity index (χ0n) is 43.9. The molecule has 1 heterocycles. The van der Waals surface area contributed by atoms with Crippen LogP contribution in [0.5, 0.6) is 0 Å². The molecule has 7 amide bonds. The average Bonchev–Trinajstić information content (AvgIpc) is 3.33. The van der Waals surface area contributed by atoms with Crippen LogP contribution in [0.2, 0.25) is 0 Å². The summed E-state index contributed by atoms with van der Waals surface area (Å²) >= 11 is 0. The molecular weight excluding hydrogens is 941 g/mol. The van der Waals surface area contributed by atoms with Crippen LogP contribution >= 0.6 is 0 Å². The number of ketones is 2. The van der Waals surface area contributed by atoms with Crippen molar-refractivity contribution in [3.05, 3.63) is 35.9 Å². The number of amides is 7. The lowest BCUT2D eigenvalue weighted by molar-refractivity contribution is -0.136. The van der Waals surface area contributed by atoms with Crippen LogP contribution in [0.3, 0.4) is 0 Å². The number of rotatable bonds is 25. The summed E-state index contributed by atoms with van der Waals surface area (Å²) in [5.74, 6) is -8.86. The Kier molecular flexibility index (Phi) is 30.5. The molecule has 0 aromatic heterocycles. The van der Waals surface area contributed by atoms with Gasteiger partial charge in [-0.15, -0.1) is 0 Å². The molecule has 9 atom stereocenters. The number of nitrogens with two attached hydrogens (primary N) is 3. The Morgan fingerprint density at radius 3 is 1.70 bits per heavy atom. The van der Waals surface area contributed by atoms with Crippen molar-refractivity contribution in [3.63, 3.8) is 0 Å². The topological polar surface area (TPSA) is 356 Å². The van der Waals surface area contributed by atoms with E-state index in [9.17, 15) is 53.4 Å². The summed E-state index contributed by atoms with van der Waals surface area (Å²) in [6.45, 7) is 8.24. The lowest BCUT2D eigenvalue weighted by Gasteiger charge is -2.28. The van der Waals surface area contributed by atoms with Crippen LogP contribution in [0, 0.1) is 23.7 Å². The van der Waals surface area contributed by atoms with E-state index >= 15 is 0 Å². The number of benzene rings is 1. The zero-order chi connectivity index (χ0) is 54.5. The third-order valence-electron chi connectivity index (χ3n) is 12.7. The molecule has 2 rings (SSSR count). The van der Waals surface area contributed by atoms with Gasteiger partial charge in [0.05, 0.1) is 25.2 Å². The lowest BCUT2D eigenvalue weighted by Crippen LogP contribution is -2.59. The van der Waals surface area contributed by atoms with Crippen molar-refractivity contribution in [2.45, 2.75) is 180 Å². The van der Waals surface area contributed by atoms with Crippen molar-refractivity contribution in [2.24, 2.45) is 40.9 Å². The van der Waals surface area contributed by atoms with Gasteiger partial charge in [-0.2, -0.15) is 0 Å². The molecule has 0 aliphatic carbocycles. The van der Waals surface area contributed by atoms with E-state index in [2.05, 4.69) is 44.1 Å². The molecule has 1 aliphatic rings. The monoisotopic (exact) mass is 1030 g/mol. The van der Waals surface area contributed by atoms with Crippen molar-refractivity contribution in [1.29, 1.82) is 0 Å². The van der Waals surface area contributed by atoms with E-state index < -0.39 is 127 Å². The van der Waals surface area contributed by atoms with E-state index in [4.69, 9.17) is 17.2 Å². The predicted octanol–water partition coefficient (Wildman–Crippen LogP) is 0.0510. The van der Waals surface area contributed by atoms with Crippen LogP contribution < -0.4 is 54.4 Å². The maximum Gasteiger partial charge on any atom is 0.243 e. The molecule has 73 heavy (non-hydrogen) atoms. The lowest BCUT2D eigenvalue weighted by atomic mass is 9.89. The first-order valence-electron chi connectivity index (χ1n) is 26.3. The number of aliphatic hydroxyl groups is 2. The van der Waals surface area contributed by atoms with E-state index in [1.54, 1.807) is 30.3 Å². The summed E-state index contributed by atoms with van der Waals surface area (Å²) in [7, 11) is 0. The number of unbranched alkanes of at least 4 members (excludes halogenated alkanes) is 4. The van der Waals surface area contributed by atoms with Crippen molar-refractivity contribution < 1.29 is 53.4 Å². The van der Waals surface area contributed by atoms with E-state index in [-0.39, 0.29) is 89.4 Å². The molecule has 0 saturated carbocycles. The molecule has 15 N–H and O–H groups in total. The summed E-state index contributed by atoms with van der Waals surface area (Å²) in [6, 6.07) is 1.34. The average molecular weight is 1030 g/mol. The number of carbonyl (C=O) groups excluding carboxylic acids is 9. The van der Waals surface area contributed by atoms with Crippen molar-refractivity contribution >= 4 is 52.9 Å². The van der Waals surface area contributed by atoms with Gasteiger partial charge in [-0.3, -0.25) is 43.2 Å². The molecular formula is C52H88N10O11. The minimum absolute atomic E-state index is 0.0380. The highest BCUT2D eigenvalue weighted by molar-refractivity contribution is 5.98. The van der Waals surface area contributed by atoms with Gasteiger partial charge in [0.1, 0.15) is 30.2 Å². The van der Waals surface area contributed by atoms with Crippen LogP contribution in [-0.2, 0) is 49.6 Å². The first-order valence-corrected chi connectivity index (χ1v) is 26.3. The third kappa shape index (κ3) is 24.5. The highest BCUT2D eigenvalue weighted by Crippen LogP contribution is 2.19. The fourth-order valence-electron chi connectivity index (χ4n) is 8.68. The summed E-state index contributed by atoms with van der Waals surface area (Å²) in [5.41, 5.74) is 18.4. The number of hydrogen-bond donors (Lipinski definition) is 12. The van der Waals surface area contributed by atoms with E-state index in [1.807, 2.05) is 27.7 Å². The van der Waals surface area contributed by atoms with Crippen LogP contribution in [0.25, 0.3) is 0 Å². The SMILES string of the molecule is CCCCCCC[C@@H](O)CC(=O)N[C@H](CO)C(=O)C[C@H]1CCNC(=O)[C@H](CC(C)C)NC(=O)[C@H](CCN)NC(=O)[C@H](CCN)NC(=O)[C@H](CC(C)C)NC(=O)[C@@H](Cc2ccccc2)CC(=O)[C@H](CCN)NC1=O. The van der Waals surface area contributed by atoms with Crippen molar-refractivity contribution in [1.82, 2.24) is 37.2 Å². The Bertz CT molecular complexity index is 1910. The van der Waals surface area contributed by atoms with Gasteiger partial charge in [0.25, 0.3) is 0 Å². The maximum atomic E-state index is 14.4. The number of hydrogen-bond acceptors (Lipinski definition) is 14. The zero-order valence-corrected chi connectivity index (χ0v) is 43.9. The molecule has 1 aromatic rings. The van der Waals surface area contributed by atoms with Gasteiger partial charge < -0.3 is 64.6 Å². The number of Topliss-reactive ketones (excluding diaryl/α,β-unsaturated/α-hetero) is 2. The van der Waals surface area contributed by atoms with Crippen molar-refractivity contribution in [3.8, 4) is 0 Å². The molecule has 1 fully saturated rings. The molecule has 1 aliphatic heterocycles. The van der Waals surface area contributed by atoms with Gasteiger partial charge in [0.15, 0.2) is 11.6 Å². The molecule has 1 saturated heterocycles. The Hall–Kier alpha value is -5.35. The van der Waals surface area contributed by atoms with Gasteiger partial charge in [0.2, 0.25) is 41.4 Å². The molecule has 0 spiro atoms. The highest BCUT2D eigenvalue weighted by atomic mass is 16.3. The number of aliphatic hydroxyl groups excluding tert-OH is 2. The Morgan fingerprint density at radius 2 is 1.15 bits per heavy atom. The van der Waals surface area contributed by atoms with E-state index in [1.165, 1.54) is 0 Å². The Morgan fingerprint density at radius 1 is 0.658 bits per heavy atom. The standard InChI is InChI=1S/C52H88N10O11/c1-6-7-8-9-13-16-37(64)30-46(67)57-43(31-63)45(66)28-35-20-24-56-49(70)41(25-32(2)3)62-51(72)40(19-23-55)59-50(71)39(18-22-54)60-52(73)42(26-33(4)5)61-48(69)36(27-34-14-11-10-12-15-34)29-44(65)38(17-21-53)58-47(35)68/h10-12,14-15,32-33,35-43,63-64H,6-9,13,16-31,53-55H2,1-5H3,(H,56,70)(H,57,67)(H,58,68)(H,59,71)(H,60,73)(H,61,69)(H,62,72)/t35-,36+,37-,38+,39+,40+,41+,42+,43-/m1/s1. The minimum atomic E-state index is -1.45. The number of nitrogens with one attached hydrogen (secondary N) is 7. The van der Waals surface area contributed by atoms with Gasteiger partial charge in [0, 0.05) is 31.2 Å². The molecule has 1 aromatic carbocycles. The highest BCUT2D eigenvalue weighted by Gasteiger charge is 2.36. The third-order valence-corrected chi connectivity index (χ3v) is 12.7. The van der Waals surface area contributed by atoms with Gasteiger partial charge >= 0.3 is 0 Å². The molecule has 412 valence electrons. The summed E-state index contributed by atoms with van der Waals surface area (Å²) in [6.07, 6.45) is 2.83. The largest absolute Gasteiger partial charge is 0.394 e. The molecule has 21 heteroatoms. The Balaban J connectivity index is 2.66. The smallest absolute Gasteiger partial charge is 0.243 e. The van der Waals surface area contributed by atoms with Crippen LogP contribution in [0.1, 0.15) is 136 Å². The number of carbonyl (C=O) groups is 9. The molecule has 0 bridgehead atoms. The first-order chi connectivity index (χ1) is 34.8. The summed E-state index contributed by atoms with van der Waals surface area (Å²) < 4.78 is 0. The second-order valence-corrected chi connectivity index (χ2v) is 20.2. The van der Waals surface area contributed by atoms with Crippen LogP contribution in [-0.4, -0.2) is 138 Å². The molecule has 21 nitrogen and oxygen atoms in total. The molecule has 0 unspecified atom stereocenters. The first kappa shape index (κ1) is 63.8. The van der Waals surface area contributed by atoms with E-state index in [0.717, 1.165) is 25.7 Å². The predicted molar refractivity (Wildman–Crippen MR) is 277 cm³/mol. The second-order valence-electron chi connectivity index (χ2n) is 20.2. The normalized spacial score (nSPS) is 23.3. The van der Waals surface area contributed by atoms with Gasteiger partial charge in [-0.25, -0.2) is 0 Å². The Labute approximate surface area is 431 Å². The second kappa shape index (κ2) is 35.0. The fourth-order valence-corrected chi connectivity index (χ4v) is 8.68. The maximum absolute atomic E-state index is 14.4. The van der Waals surface area contributed by atoms with E-state index in [0.29, 0.717) is 18.4 Å². The van der Waals surface area contributed by atoms with Crippen LogP contribution in [0.4, 0.5) is 0 Å². The summed E-state index contributed by atoms with van der Waals surface area (Å²) in [4.78, 5) is 126. The van der Waals surface area contributed by atoms with Crippen LogP contribution in [0.15, 0.2) is 30.3 Å². The van der Waals surface area contributed by atoms with Crippen molar-refractivity contribution in [2.75, 3.05) is 32.8 Å². The van der Waals surface area contributed by atoms with Gasteiger partial charge in [-0.05, 0) is 88.4 Å². The minimum Gasteiger partial charge on any atom is -0.394 e. The summed E-state index contributed by atoms with van der Waals surface area (Å²) in [5, 5.41) is 39.6. The van der Waals surface area contributed by atoms with Gasteiger partial charge in [-0.1, -0.05) is 97.1 Å². The molecule has 0 radical (unpaired) electrons. The fraction of sp³-hybridized carbons (Fsp3) is 0.712. The quantitative estimate of drug-likeness (QED) is 0.0577.